The van der Waals surface area contributed by atoms with Crippen LogP contribution in [0.1, 0.15) is 52.4 Å². The first-order valence-corrected chi connectivity index (χ1v) is 8.35. The SMILES string of the molecule is CCCCC(CC)C(=O)Nc1cccc(NC(=O)C2CC2)c1. The van der Waals surface area contributed by atoms with E-state index in [1.807, 2.05) is 31.2 Å². The molecule has 0 radical (unpaired) electrons. The molecule has 0 aliphatic heterocycles. The molecule has 4 nitrogen and oxygen atoms in total. The zero-order valence-electron chi connectivity index (χ0n) is 13.5. The summed E-state index contributed by atoms with van der Waals surface area (Å²) in [7, 11) is 0. The van der Waals surface area contributed by atoms with Crippen LogP contribution in [0.3, 0.4) is 0 Å². The Morgan fingerprint density at radius 2 is 1.86 bits per heavy atom. The van der Waals surface area contributed by atoms with E-state index in [9.17, 15) is 9.59 Å². The third kappa shape index (κ3) is 4.86. The van der Waals surface area contributed by atoms with Gasteiger partial charge in [-0.25, -0.2) is 0 Å². The largest absolute Gasteiger partial charge is 0.326 e. The van der Waals surface area contributed by atoms with E-state index in [2.05, 4.69) is 17.6 Å². The van der Waals surface area contributed by atoms with E-state index in [4.69, 9.17) is 0 Å². The Kier molecular flexibility index (Phi) is 5.99. The third-order valence-electron chi connectivity index (χ3n) is 4.12. The lowest BCUT2D eigenvalue weighted by molar-refractivity contribution is -0.120. The predicted octanol–water partition coefficient (Wildman–Crippen LogP) is 4.19. The summed E-state index contributed by atoms with van der Waals surface area (Å²) in [5.41, 5.74) is 1.49. The van der Waals surface area contributed by atoms with Crippen LogP contribution >= 0.6 is 0 Å². The van der Waals surface area contributed by atoms with Gasteiger partial charge in [0.1, 0.15) is 0 Å². The summed E-state index contributed by atoms with van der Waals surface area (Å²) >= 11 is 0. The highest BCUT2D eigenvalue weighted by Crippen LogP contribution is 2.30. The van der Waals surface area contributed by atoms with Gasteiger partial charge in [-0.05, 0) is 43.9 Å². The number of hydrogen-bond donors (Lipinski definition) is 2. The zero-order chi connectivity index (χ0) is 15.9. The normalized spacial score (nSPS) is 15.2. The number of anilines is 2. The van der Waals surface area contributed by atoms with Crippen molar-refractivity contribution in [2.45, 2.75) is 52.4 Å². The second-order valence-corrected chi connectivity index (χ2v) is 6.08. The molecule has 0 heterocycles. The van der Waals surface area contributed by atoms with E-state index in [1.165, 1.54) is 0 Å². The second kappa shape index (κ2) is 7.97. The highest BCUT2D eigenvalue weighted by atomic mass is 16.2. The van der Waals surface area contributed by atoms with Crippen LogP contribution in [-0.4, -0.2) is 11.8 Å². The van der Waals surface area contributed by atoms with Crippen molar-refractivity contribution >= 4 is 23.2 Å². The first-order valence-electron chi connectivity index (χ1n) is 8.35. The smallest absolute Gasteiger partial charge is 0.227 e. The minimum absolute atomic E-state index is 0.0599. The van der Waals surface area contributed by atoms with Crippen molar-refractivity contribution in [2.24, 2.45) is 11.8 Å². The van der Waals surface area contributed by atoms with Gasteiger partial charge in [0, 0.05) is 23.2 Å². The molecule has 1 saturated carbocycles. The Balaban J connectivity index is 1.93. The summed E-state index contributed by atoms with van der Waals surface area (Å²) in [5.74, 6) is 0.390. The average molecular weight is 302 g/mol. The molecule has 1 aliphatic carbocycles. The number of carbonyl (C=O) groups excluding carboxylic acids is 2. The van der Waals surface area contributed by atoms with Crippen LogP contribution in [-0.2, 0) is 9.59 Å². The molecule has 1 aromatic rings. The molecule has 0 aromatic heterocycles. The van der Waals surface area contributed by atoms with Crippen LogP contribution in [0.2, 0.25) is 0 Å². The molecular weight excluding hydrogens is 276 g/mol. The molecule has 0 bridgehead atoms. The third-order valence-corrected chi connectivity index (χ3v) is 4.12. The van der Waals surface area contributed by atoms with Crippen molar-refractivity contribution in [3.05, 3.63) is 24.3 Å². The highest BCUT2D eigenvalue weighted by Gasteiger charge is 2.29. The lowest BCUT2D eigenvalue weighted by Gasteiger charge is -2.15. The lowest BCUT2D eigenvalue weighted by atomic mass is 9.98. The van der Waals surface area contributed by atoms with Crippen molar-refractivity contribution in [3.8, 4) is 0 Å². The van der Waals surface area contributed by atoms with Crippen molar-refractivity contribution in [1.29, 1.82) is 0 Å². The van der Waals surface area contributed by atoms with Crippen molar-refractivity contribution < 1.29 is 9.59 Å². The standard InChI is InChI=1S/C18H26N2O2/c1-3-5-7-13(4-2)17(21)19-15-8-6-9-16(12-15)20-18(22)14-10-11-14/h6,8-9,12-14H,3-5,7,10-11H2,1-2H3,(H,19,21)(H,20,22). The number of hydrogen-bond acceptors (Lipinski definition) is 2. The summed E-state index contributed by atoms with van der Waals surface area (Å²) in [6.07, 6.45) is 5.92. The molecule has 0 saturated heterocycles. The molecule has 4 heteroatoms. The van der Waals surface area contributed by atoms with Gasteiger partial charge in [-0.2, -0.15) is 0 Å². The molecule has 22 heavy (non-hydrogen) atoms. The van der Waals surface area contributed by atoms with Gasteiger partial charge < -0.3 is 10.6 Å². The van der Waals surface area contributed by atoms with E-state index in [0.717, 1.165) is 49.9 Å². The Hall–Kier alpha value is -1.84. The van der Waals surface area contributed by atoms with Gasteiger partial charge >= 0.3 is 0 Å². The maximum absolute atomic E-state index is 12.3. The van der Waals surface area contributed by atoms with Gasteiger partial charge in [-0.15, -0.1) is 0 Å². The van der Waals surface area contributed by atoms with Gasteiger partial charge in [0.05, 0.1) is 0 Å². The van der Waals surface area contributed by atoms with Gasteiger partial charge in [0.2, 0.25) is 11.8 Å². The number of benzene rings is 1. The monoisotopic (exact) mass is 302 g/mol. The first kappa shape index (κ1) is 16.5. The summed E-state index contributed by atoms with van der Waals surface area (Å²) in [5, 5.41) is 5.87. The average Bonchev–Trinajstić information content (AvgIpc) is 3.33. The van der Waals surface area contributed by atoms with Crippen LogP contribution in [0, 0.1) is 11.8 Å². The van der Waals surface area contributed by atoms with Crippen molar-refractivity contribution in [2.75, 3.05) is 10.6 Å². The minimum Gasteiger partial charge on any atom is -0.326 e. The summed E-state index contributed by atoms with van der Waals surface area (Å²) in [4.78, 5) is 24.1. The zero-order valence-corrected chi connectivity index (χ0v) is 13.5. The molecule has 1 fully saturated rings. The Labute approximate surface area is 132 Å². The molecule has 2 amide bonds. The maximum Gasteiger partial charge on any atom is 0.227 e. The van der Waals surface area contributed by atoms with E-state index in [-0.39, 0.29) is 23.7 Å². The van der Waals surface area contributed by atoms with Crippen LogP contribution in [0.4, 0.5) is 11.4 Å². The number of carbonyl (C=O) groups is 2. The Bertz CT molecular complexity index is 524. The maximum atomic E-state index is 12.3. The van der Waals surface area contributed by atoms with E-state index in [1.54, 1.807) is 0 Å². The van der Waals surface area contributed by atoms with Gasteiger partial charge in [-0.1, -0.05) is 32.8 Å². The van der Waals surface area contributed by atoms with Crippen molar-refractivity contribution in [1.82, 2.24) is 0 Å². The van der Waals surface area contributed by atoms with E-state index >= 15 is 0 Å². The summed E-state index contributed by atoms with van der Waals surface area (Å²) in [6.45, 7) is 4.18. The summed E-state index contributed by atoms with van der Waals surface area (Å²) < 4.78 is 0. The molecule has 1 aliphatic rings. The second-order valence-electron chi connectivity index (χ2n) is 6.08. The molecule has 2 N–H and O–H groups in total. The Morgan fingerprint density at radius 3 is 2.45 bits per heavy atom. The predicted molar refractivity (Wildman–Crippen MR) is 89.7 cm³/mol. The fraction of sp³-hybridized carbons (Fsp3) is 0.556. The lowest BCUT2D eigenvalue weighted by Crippen LogP contribution is -2.22. The number of unbranched alkanes of at least 4 members (excludes halogenated alkanes) is 1. The van der Waals surface area contributed by atoms with Gasteiger partial charge in [0.15, 0.2) is 0 Å². The Morgan fingerprint density at radius 1 is 1.18 bits per heavy atom. The van der Waals surface area contributed by atoms with Crippen molar-refractivity contribution in [3.63, 3.8) is 0 Å². The number of rotatable bonds is 8. The molecule has 1 aromatic carbocycles. The number of nitrogens with one attached hydrogen (secondary N) is 2. The van der Waals surface area contributed by atoms with E-state index < -0.39 is 0 Å². The number of amides is 2. The molecule has 120 valence electrons. The fourth-order valence-electron chi connectivity index (χ4n) is 2.48. The quantitative estimate of drug-likeness (QED) is 0.756. The molecule has 0 spiro atoms. The highest BCUT2D eigenvalue weighted by molar-refractivity contribution is 5.96. The molecule has 2 rings (SSSR count). The fourth-order valence-corrected chi connectivity index (χ4v) is 2.48. The summed E-state index contributed by atoms with van der Waals surface area (Å²) in [6, 6.07) is 7.39. The molecule has 1 unspecified atom stereocenters. The molecular formula is C18H26N2O2. The van der Waals surface area contributed by atoms with Crippen LogP contribution in [0.5, 0.6) is 0 Å². The minimum atomic E-state index is 0.0599. The van der Waals surface area contributed by atoms with Crippen LogP contribution in [0.15, 0.2) is 24.3 Å². The topological polar surface area (TPSA) is 58.2 Å². The van der Waals surface area contributed by atoms with Crippen LogP contribution < -0.4 is 10.6 Å². The van der Waals surface area contributed by atoms with Crippen LogP contribution in [0.25, 0.3) is 0 Å². The van der Waals surface area contributed by atoms with Gasteiger partial charge in [-0.3, -0.25) is 9.59 Å². The first-order chi connectivity index (χ1) is 10.6. The molecule has 1 atom stereocenters. The van der Waals surface area contributed by atoms with Gasteiger partial charge in [0.25, 0.3) is 0 Å². The van der Waals surface area contributed by atoms with E-state index in [0.29, 0.717) is 0 Å².